The topological polar surface area (TPSA) is 75.3 Å². The quantitative estimate of drug-likeness (QED) is 0.329. The van der Waals surface area contributed by atoms with Gasteiger partial charge >= 0.3 is 6.18 Å². The lowest BCUT2D eigenvalue weighted by Crippen LogP contribution is -2.63. The number of anilines is 3. The molecule has 4 aliphatic carbocycles. The maximum Gasteiger partial charge on any atom is 0.420 e. The number of piperazine rings is 1. The normalized spacial score (nSPS) is 34.6. The van der Waals surface area contributed by atoms with Crippen LogP contribution in [0.3, 0.4) is 0 Å². The Bertz CT molecular complexity index is 1290. The summed E-state index contributed by atoms with van der Waals surface area (Å²) in [6.45, 7) is 3.90. The molecule has 2 aliphatic heterocycles. The van der Waals surface area contributed by atoms with Crippen molar-refractivity contribution >= 4 is 28.9 Å². The van der Waals surface area contributed by atoms with Gasteiger partial charge < -0.3 is 24.4 Å². The van der Waals surface area contributed by atoms with Crippen molar-refractivity contribution in [3.05, 3.63) is 35.1 Å². The van der Waals surface area contributed by atoms with E-state index >= 15 is 0 Å². The summed E-state index contributed by atoms with van der Waals surface area (Å²) >= 11 is 5.76. The molecule has 6 aliphatic rings. The Morgan fingerprint density at radius 2 is 1.80 bits per heavy atom. The highest BCUT2D eigenvalue weighted by molar-refractivity contribution is 6.30. The number of benzene rings is 1. The molecule has 0 radical (unpaired) electrons. The van der Waals surface area contributed by atoms with Gasteiger partial charge in [0.2, 0.25) is 5.95 Å². The standard InChI is InChI=1S/C29H35ClF3N5O3/c1-39-22-11-19(3-4-21(22)35-27-34-15-20(25(30)36-27)29(31,32)33)37-5-7-38(8-6-37)23-17-9-16-10-18(23)14-28(12-16,13-17)24-26(40-2)41-24/h3-4,11,15-18,23-24,26H,5-10,12-14H2,1-2H3,(H,34,35,36)/t16?,17?,18?,23-,24?,26?,28+. The van der Waals surface area contributed by atoms with Gasteiger partial charge in [-0.1, -0.05) is 11.6 Å². The minimum atomic E-state index is -4.61. The summed E-state index contributed by atoms with van der Waals surface area (Å²) in [6, 6.07) is 6.43. The van der Waals surface area contributed by atoms with Crippen LogP contribution in [0.4, 0.5) is 30.5 Å². The number of ether oxygens (including phenoxy) is 3. The Kier molecular flexibility index (Phi) is 6.80. The van der Waals surface area contributed by atoms with Crippen LogP contribution in [0.2, 0.25) is 5.15 Å². The van der Waals surface area contributed by atoms with Gasteiger partial charge in [0.15, 0.2) is 6.29 Å². The lowest BCUT2D eigenvalue weighted by molar-refractivity contribution is -0.137. The summed E-state index contributed by atoms with van der Waals surface area (Å²) in [5.74, 6) is 2.86. The molecular weight excluding hydrogens is 559 g/mol. The van der Waals surface area contributed by atoms with Gasteiger partial charge in [-0.3, -0.25) is 4.90 Å². The number of methoxy groups -OCH3 is 2. The first-order valence-corrected chi connectivity index (χ1v) is 14.8. The Balaban J connectivity index is 0.998. The van der Waals surface area contributed by atoms with E-state index in [0.717, 1.165) is 49.6 Å². The SMILES string of the molecule is COc1cc(N2CCN([C@H]3C4CC5CC3C[C@@](C3OC3OC)(C5)C4)CC2)ccc1Nc1ncc(C(F)(F)F)c(Cl)n1. The van der Waals surface area contributed by atoms with Gasteiger partial charge in [-0.15, -0.1) is 0 Å². The molecule has 3 heterocycles. The lowest BCUT2D eigenvalue weighted by atomic mass is 9.46. The molecule has 222 valence electrons. The number of hydrogen-bond donors (Lipinski definition) is 1. The summed E-state index contributed by atoms with van der Waals surface area (Å²) in [5, 5.41) is 2.28. The van der Waals surface area contributed by atoms with Gasteiger partial charge in [-0.2, -0.15) is 13.2 Å². The molecule has 2 aromatic rings. The highest BCUT2D eigenvalue weighted by Crippen LogP contribution is 2.65. The maximum absolute atomic E-state index is 13.0. The zero-order valence-electron chi connectivity index (χ0n) is 23.2. The van der Waals surface area contributed by atoms with Crippen LogP contribution >= 0.6 is 11.6 Å². The molecule has 1 N–H and O–H groups in total. The van der Waals surface area contributed by atoms with Gasteiger partial charge in [-0.05, 0) is 62.0 Å². The van der Waals surface area contributed by atoms with Crippen LogP contribution in [0.5, 0.6) is 5.75 Å². The molecule has 0 amide bonds. The van der Waals surface area contributed by atoms with Crippen LogP contribution in [0.1, 0.15) is 37.7 Å². The average molecular weight is 594 g/mol. The van der Waals surface area contributed by atoms with Crippen LogP contribution < -0.4 is 15.0 Å². The summed E-state index contributed by atoms with van der Waals surface area (Å²) in [7, 11) is 3.32. The molecular formula is C29H35ClF3N5O3. The van der Waals surface area contributed by atoms with E-state index in [-0.39, 0.29) is 12.2 Å². The van der Waals surface area contributed by atoms with E-state index in [1.165, 1.54) is 32.1 Å². The van der Waals surface area contributed by atoms with Crippen LogP contribution in [-0.4, -0.2) is 73.7 Å². The monoisotopic (exact) mass is 593 g/mol. The van der Waals surface area contributed by atoms with Gasteiger partial charge in [-0.25, -0.2) is 9.97 Å². The molecule has 41 heavy (non-hydrogen) atoms. The van der Waals surface area contributed by atoms with Crippen molar-refractivity contribution in [2.75, 3.05) is 50.6 Å². The Labute approximate surface area is 242 Å². The van der Waals surface area contributed by atoms with Crippen molar-refractivity contribution in [1.29, 1.82) is 0 Å². The highest BCUT2D eigenvalue weighted by atomic mass is 35.5. The second kappa shape index (κ2) is 10.1. The van der Waals surface area contributed by atoms with Crippen molar-refractivity contribution in [3.8, 4) is 5.75 Å². The van der Waals surface area contributed by atoms with E-state index in [0.29, 0.717) is 35.2 Å². The number of epoxide rings is 1. The Morgan fingerprint density at radius 3 is 2.41 bits per heavy atom. The number of hydrogen-bond acceptors (Lipinski definition) is 8. The number of rotatable bonds is 7. The van der Waals surface area contributed by atoms with Gasteiger partial charge in [0, 0.05) is 62.7 Å². The first-order valence-electron chi connectivity index (χ1n) is 14.4. The first-order chi connectivity index (χ1) is 19.7. The molecule has 6 fully saturated rings. The van der Waals surface area contributed by atoms with Crippen LogP contribution in [-0.2, 0) is 15.7 Å². The maximum atomic E-state index is 13.0. The lowest BCUT2D eigenvalue weighted by Gasteiger charge is -2.62. The van der Waals surface area contributed by atoms with Crippen molar-refractivity contribution in [3.63, 3.8) is 0 Å². The van der Waals surface area contributed by atoms with Gasteiger partial charge in [0.25, 0.3) is 0 Å². The summed E-state index contributed by atoms with van der Waals surface area (Å²) < 4.78 is 56.1. The largest absolute Gasteiger partial charge is 0.494 e. The number of halogens is 4. The third-order valence-corrected chi connectivity index (χ3v) is 10.4. The molecule has 4 bridgehead atoms. The molecule has 2 saturated heterocycles. The molecule has 0 spiro atoms. The molecule has 4 atom stereocenters. The smallest absolute Gasteiger partial charge is 0.420 e. The highest BCUT2D eigenvalue weighted by Gasteiger charge is 2.65. The molecule has 12 heteroatoms. The van der Waals surface area contributed by atoms with E-state index in [1.54, 1.807) is 14.2 Å². The first kappa shape index (κ1) is 27.5. The zero-order valence-corrected chi connectivity index (χ0v) is 23.9. The van der Waals surface area contributed by atoms with E-state index in [4.69, 9.17) is 25.8 Å². The summed E-state index contributed by atoms with van der Waals surface area (Å²) in [5.41, 5.74) is 0.844. The van der Waals surface area contributed by atoms with Crippen molar-refractivity contribution in [2.45, 2.75) is 56.7 Å². The molecule has 4 saturated carbocycles. The number of alkyl halides is 3. The molecule has 1 aromatic carbocycles. The van der Waals surface area contributed by atoms with Crippen molar-refractivity contribution < 1.29 is 27.4 Å². The Morgan fingerprint density at radius 1 is 1.07 bits per heavy atom. The van der Waals surface area contributed by atoms with Gasteiger partial charge in [0.05, 0.1) is 12.8 Å². The van der Waals surface area contributed by atoms with Crippen LogP contribution in [0.25, 0.3) is 0 Å². The Hall–Kier alpha value is -2.34. The summed E-state index contributed by atoms with van der Waals surface area (Å²) in [6.07, 6.45) is 2.94. The van der Waals surface area contributed by atoms with E-state index in [1.807, 2.05) is 18.2 Å². The van der Waals surface area contributed by atoms with Crippen molar-refractivity contribution in [2.24, 2.45) is 23.2 Å². The predicted molar refractivity (Wildman–Crippen MR) is 148 cm³/mol. The van der Waals surface area contributed by atoms with E-state index < -0.39 is 16.9 Å². The predicted octanol–water partition coefficient (Wildman–Crippen LogP) is 5.59. The van der Waals surface area contributed by atoms with Crippen molar-refractivity contribution in [1.82, 2.24) is 14.9 Å². The second-order valence-corrected chi connectivity index (χ2v) is 12.8. The van der Waals surface area contributed by atoms with Gasteiger partial charge in [0.1, 0.15) is 22.6 Å². The zero-order chi connectivity index (χ0) is 28.5. The fraction of sp³-hybridized carbons (Fsp3) is 0.655. The minimum absolute atomic E-state index is 0.00656. The number of nitrogens with zero attached hydrogens (tertiary/aromatic N) is 4. The third-order valence-electron chi connectivity index (χ3n) is 10.1. The average Bonchev–Trinajstić information content (AvgIpc) is 3.74. The van der Waals surface area contributed by atoms with Crippen LogP contribution in [0.15, 0.2) is 24.4 Å². The number of nitrogens with one attached hydrogen (secondary N) is 1. The molecule has 8 rings (SSSR count). The fourth-order valence-corrected chi connectivity index (χ4v) is 8.94. The fourth-order valence-electron chi connectivity index (χ4n) is 8.71. The third kappa shape index (κ3) is 4.92. The second-order valence-electron chi connectivity index (χ2n) is 12.4. The van der Waals surface area contributed by atoms with E-state index in [2.05, 4.69) is 25.1 Å². The molecule has 8 nitrogen and oxygen atoms in total. The van der Waals surface area contributed by atoms with Crippen LogP contribution in [0, 0.1) is 23.2 Å². The molecule has 4 unspecified atom stereocenters. The molecule has 1 aromatic heterocycles. The number of aromatic nitrogens is 2. The summed E-state index contributed by atoms with van der Waals surface area (Å²) in [4.78, 5) is 12.7. The minimum Gasteiger partial charge on any atom is -0.494 e. The van der Waals surface area contributed by atoms with E-state index in [9.17, 15) is 13.2 Å².